The molecule has 0 aliphatic heterocycles. The second kappa shape index (κ2) is 4.78. The smallest absolute Gasteiger partial charge is 0.170 e. The number of aryl methyl sites for hydroxylation is 2. The van der Waals surface area contributed by atoms with E-state index in [0.29, 0.717) is 0 Å². The van der Waals surface area contributed by atoms with Crippen molar-refractivity contribution < 1.29 is 9.53 Å². The standard InChI is InChI=1S/C18H18O2/c1-11-8-14(9-12(2)18(11)20-3)17(19)16-10-13-6-4-5-7-15(13)16/h4-9,16H,10H2,1-3H3. The van der Waals surface area contributed by atoms with E-state index in [-0.39, 0.29) is 11.7 Å². The molecule has 1 unspecified atom stereocenters. The average Bonchev–Trinajstić information content (AvgIpc) is 2.39. The van der Waals surface area contributed by atoms with E-state index in [2.05, 4.69) is 12.1 Å². The summed E-state index contributed by atoms with van der Waals surface area (Å²) in [6, 6.07) is 12.1. The van der Waals surface area contributed by atoms with Gasteiger partial charge >= 0.3 is 0 Å². The van der Waals surface area contributed by atoms with Crippen molar-refractivity contribution in [3.63, 3.8) is 0 Å². The second-order valence-electron chi connectivity index (χ2n) is 5.46. The summed E-state index contributed by atoms with van der Waals surface area (Å²) in [6.45, 7) is 3.97. The number of Topliss-reactive ketones (excluding diaryl/α,β-unsaturated/α-hetero) is 1. The van der Waals surface area contributed by atoms with Gasteiger partial charge in [0.25, 0.3) is 0 Å². The van der Waals surface area contributed by atoms with Crippen LogP contribution >= 0.6 is 0 Å². The summed E-state index contributed by atoms with van der Waals surface area (Å²) in [5.41, 5.74) is 5.31. The molecule has 1 atom stereocenters. The second-order valence-corrected chi connectivity index (χ2v) is 5.46. The number of rotatable bonds is 3. The highest BCUT2D eigenvalue weighted by Gasteiger charge is 2.32. The van der Waals surface area contributed by atoms with Crippen LogP contribution in [-0.4, -0.2) is 12.9 Å². The number of ketones is 1. The van der Waals surface area contributed by atoms with Crippen molar-refractivity contribution in [2.45, 2.75) is 26.2 Å². The molecule has 0 heterocycles. The molecule has 1 aliphatic carbocycles. The molecule has 2 nitrogen and oxygen atoms in total. The van der Waals surface area contributed by atoms with Crippen molar-refractivity contribution in [3.05, 3.63) is 64.2 Å². The maximum atomic E-state index is 12.7. The zero-order chi connectivity index (χ0) is 14.3. The third kappa shape index (κ3) is 1.92. The van der Waals surface area contributed by atoms with Crippen LogP contribution in [0.2, 0.25) is 0 Å². The van der Waals surface area contributed by atoms with Crippen molar-refractivity contribution in [1.82, 2.24) is 0 Å². The minimum atomic E-state index is 0.0263. The van der Waals surface area contributed by atoms with E-state index >= 15 is 0 Å². The quantitative estimate of drug-likeness (QED) is 0.789. The minimum Gasteiger partial charge on any atom is -0.496 e. The Labute approximate surface area is 119 Å². The van der Waals surface area contributed by atoms with Crippen LogP contribution in [0.15, 0.2) is 36.4 Å². The van der Waals surface area contributed by atoms with Gasteiger partial charge in [-0.15, -0.1) is 0 Å². The van der Waals surface area contributed by atoms with Crippen LogP contribution in [0.5, 0.6) is 5.75 Å². The van der Waals surface area contributed by atoms with Crippen LogP contribution in [0.4, 0.5) is 0 Å². The Morgan fingerprint density at radius 2 is 1.80 bits per heavy atom. The summed E-state index contributed by atoms with van der Waals surface area (Å²) in [4.78, 5) is 12.7. The summed E-state index contributed by atoms with van der Waals surface area (Å²) in [7, 11) is 1.67. The van der Waals surface area contributed by atoms with Gasteiger partial charge in [0, 0.05) is 5.56 Å². The lowest BCUT2D eigenvalue weighted by atomic mass is 9.73. The van der Waals surface area contributed by atoms with E-state index in [9.17, 15) is 4.79 Å². The Morgan fingerprint density at radius 3 is 2.40 bits per heavy atom. The van der Waals surface area contributed by atoms with Gasteiger partial charge < -0.3 is 4.74 Å². The number of fused-ring (bicyclic) bond motifs is 1. The van der Waals surface area contributed by atoms with E-state index < -0.39 is 0 Å². The predicted octanol–water partition coefficient (Wildman–Crippen LogP) is 3.83. The number of methoxy groups -OCH3 is 1. The molecule has 0 amide bonds. The lowest BCUT2D eigenvalue weighted by Crippen LogP contribution is -2.25. The van der Waals surface area contributed by atoms with Crippen LogP contribution in [-0.2, 0) is 6.42 Å². The van der Waals surface area contributed by atoms with Gasteiger partial charge in [0.2, 0.25) is 0 Å². The van der Waals surface area contributed by atoms with Crippen molar-refractivity contribution in [3.8, 4) is 5.75 Å². The normalized spacial score (nSPS) is 16.2. The molecule has 0 aromatic heterocycles. The first-order valence-electron chi connectivity index (χ1n) is 6.89. The molecule has 102 valence electrons. The molecule has 0 saturated heterocycles. The van der Waals surface area contributed by atoms with E-state index in [0.717, 1.165) is 28.9 Å². The van der Waals surface area contributed by atoms with Crippen molar-refractivity contribution in [2.75, 3.05) is 7.11 Å². The topological polar surface area (TPSA) is 26.3 Å². The van der Waals surface area contributed by atoms with Gasteiger partial charge in [-0.3, -0.25) is 4.79 Å². The maximum Gasteiger partial charge on any atom is 0.170 e. The lowest BCUT2D eigenvalue weighted by molar-refractivity contribution is 0.0949. The van der Waals surface area contributed by atoms with E-state index in [4.69, 9.17) is 4.74 Å². The van der Waals surface area contributed by atoms with Crippen molar-refractivity contribution in [1.29, 1.82) is 0 Å². The first kappa shape index (κ1) is 12.9. The number of carbonyl (C=O) groups excluding carboxylic acids is 1. The molecule has 0 spiro atoms. The summed E-state index contributed by atoms with van der Waals surface area (Å²) in [5, 5.41) is 0. The summed E-state index contributed by atoms with van der Waals surface area (Å²) >= 11 is 0. The molecule has 0 fully saturated rings. The maximum absolute atomic E-state index is 12.7. The third-order valence-corrected chi connectivity index (χ3v) is 4.12. The molecule has 0 saturated carbocycles. The number of ether oxygens (including phenoxy) is 1. The third-order valence-electron chi connectivity index (χ3n) is 4.12. The monoisotopic (exact) mass is 266 g/mol. The van der Waals surface area contributed by atoms with Crippen LogP contribution in [0, 0.1) is 13.8 Å². The number of carbonyl (C=O) groups is 1. The fourth-order valence-electron chi connectivity index (χ4n) is 3.11. The van der Waals surface area contributed by atoms with Gasteiger partial charge in [-0.25, -0.2) is 0 Å². The number of benzene rings is 2. The van der Waals surface area contributed by atoms with Crippen LogP contribution in [0.1, 0.15) is 38.5 Å². The molecule has 1 aliphatic rings. The minimum absolute atomic E-state index is 0.0263. The lowest BCUT2D eigenvalue weighted by Gasteiger charge is -2.29. The van der Waals surface area contributed by atoms with Gasteiger partial charge in [0.05, 0.1) is 13.0 Å². The summed E-state index contributed by atoms with van der Waals surface area (Å²) < 4.78 is 5.36. The molecular weight excluding hydrogens is 248 g/mol. The highest BCUT2D eigenvalue weighted by atomic mass is 16.5. The molecular formula is C18H18O2. The SMILES string of the molecule is COc1c(C)cc(C(=O)C2Cc3ccccc32)cc1C. The predicted molar refractivity (Wildman–Crippen MR) is 79.7 cm³/mol. The Morgan fingerprint density at radius 1 is 1.15 bits per heavy atom. The average molecular weight is 266 g/mol. The molecule has 0 N–H and O–H groups in total. The van der Waals surface area contributed by atoms with Crippen LogP contribution in [0.25, 0.3) is 0 Å². The fraction of sp³-hybridized carbons (Fsp3) is 0.278. The van der Waals surface area contributed by atoms with Crippen LogP contribution < -0.4 is 4.74 Å². The van der Waals surface area contributed by atoms with E-state index in [1.165, 1.54) is 11.1 Å². The molecule has 2 aromatic carbocycles. The van der Waals surface area contributed by atoms with Gasteiger partial charge in [-0.2, -0.15) is 0 Å². The Kier molecular flexibility index (Phi) is 3.09. The van der Waals surface area contributed by atoms with Gasteiger partial charge in [-0.1, -0.05) is 24.3 Å². The number of hydrogen-bond acceptors (Lipinski definition) is 2. The zero-order valence-corrected chi connectivity index (χ0v) is 12.1. The molecule has 0 bridgehead atoms. The zero-order valence-electron chi connectivity index (χ0n) is 12.1. The fourth-order valence-corrected chi connectivity index (χ4v) is 3.11. The molecule has 2 aromatic rings. The first-order valence-corrected chi connectivity index (χ1v) is 6.89. The summed E-state index contributed by atoms with van der Waals surface area (Å²) in [6.07, 6.45) is 0.860. The highest BCUT2D eigenvalue weighted by Crippen LogP contribution is 2.38. The Hall–Kier alpha value is -2.09. The van der Waals surface area contributed by atoms with Gasteiger partial charge in [-0.05, 0) is 54.7 Å². The molecule has 2 heteroatoms. The van der Waals surface area contributed by atoms with E-state index in [1.807, 2.05) is 38.1 Å². The van der Waals surface area contributed by atoms with E-state index in [1.54, 1.807) is 7.11 Å². The first-order chi connectivity index (χ1) is 9.61. The highest BCUT2D eigenvalue weighted by molar-refractivity contribution is 6.03. The molecule has 3 rings (SSSR count). The molecule has 20 heavy (non-hydrogen) atoms. The molecule has 0 radical (unpaired) electrons. The Balaban J connectivity index is 1.94. The Bertz CT molecular complexity index is 663. The van der Waals surface area contributed by atoms with Crippen LogP contribution in [0.3, 0.4) is 0 Å². The van der Waals surface area contributed by atoms with Gasteiger partial charge in [0.15, 0.2) is 5.78 Å². The van der Waals surface area contributed by atoms with Crippen molar-refractivity contribution >= 4 is 5.78 Å². The largest absolute Gasteiger partial charge is 0.496 e. The number of hydrogen-bond donors (Lipinski definition) is 0. The van der Waals surface area contributed by atoms with Crippen molar-refractivity contribution in [2.24, 2.45) is 0 Å². The summed E-state index contributed by atoms with van der Waals surface area (Å²) in [5.74, 6) is 1.12. The van der Waals surface area contributed by atoms with Gasteiger partial charge in [0.1, 0.15) is 5.75 Å².